The van der Waals surface area contributed by atoms with E-state index in [4.69, 9.17) is 11.6 Å². The van der Waals surface area contributed by atoms with Crippen molar-refractivity contribution in [3.05, 3.63) is 29.3 Å². The molecule has 0 saturated carbocycles. The first-order chi connectivity index (χ1) is 9.34. The van der Waals surface area contributed by atoms with Gasteiger partial charge in [-0.1, -0.05) is 30.7 Å². The second kappa shape index (κ2) is 7.90. The van der Waals surface area contributed by atoms with Gasteiger partial charge in [0.2, 0.25) is 5.91 Å². The summed E-state index contributed by atoms with van der Waals surface area (Å²) >= 11 is 7.31. The molecule has 0 aliphatic carbocycles. The van der Waals surface area contributed by atoms with E-state index in [1.54, 1.807) is 19.9 Å². The standard InChI is InChI=1S/C13H18ClNO3S2/c1-3-20(17,18)9-10(2)15-13(16)8-19-12-7-5-4-6-11(12)14/h4-7,10H,3,8-9H2,1-2H3,(H,15,16)/t10-/m1/s1. The number of benzene rings is 1. The van der Waals surface area contributed by atoms with Crippen molar-refractivity contribution in [3.63, 3.8) is 0 Å². The Bertz CT molecular complexity index is 560. The van der Waals surface area contributed by atoms with Crippen LogP contribution in [0.15, 0.2) is 29.2 Å². The van der Waals surface area contributed by atoms with Crippen LogP contribution in [0, 0.1) is 0 Å². The quantitative estimate of drug-likeness (QED) is 0.777. The number of rotatable bonds is 7. The number of amides is 1. The van der Waals surface area contributed by atoms with Gasteiger partial charge in [0.25, 0.3) is 0 Å². The van der Waals surface area contributed by atoms with Crippen LogP contribution in [0.4, 0.5) is 0 Å². The highest BCUT2D eigenvalue weighted by Crippen LogP contribution is 2.26. The highest BCUT2D eigenvalue weighted by molar-refractivity contribution is 8.00. The third-order valence-corrected chi connectivity index (χ3v) is 5.95. The molecular formula is C13H18ClNO3S2. The lowest BCUT2D eigenvalue weighted by atomic mass is 10.4. The Hall–Kier alpha value is -0.720. The predicted octanol–water partition coefficient (Wildman–Crippen LogP) is 2.37. The van der Waals surface area contributed by atoms with E-state index >= 15 is 0 Å². The molecule has 1 atom stereocenters. The number of nitrogens with one attached hydrogen (secondary N) is 1. The SMILES string of the molecule is CCS(=O)(=O)C[C@@H](C)NC(=O)CSc1ccccc1Cl. The molecule has 0 saturated heterocycles. The zero-order chi connectivity index (χ0) is 15.2. The maximum absolute atomic E-state index is 11.7. The van der Waals surface area contributed by atoms with E-state index in [0.29, 0.717) is 5.02 Å². The van der Waals surface area contributed by atoms with Gasteiger partial charge >= 0.3 is 0 Å². The summed E-state index contributed by atoms with van der Waals surface area (Å²) in [4.78, 5) is 12.6. The highest BCUT2D eigenvalue weighted by Gasteiger charge is 2.15. The van der Waals surface area contributed by atoms with Crippen LogP contribution < -0.4 is 5.32 Å². The number of thioether (sulfide) groups is 1. The van der Waals surface area contributed by atoms with E-state index in [1.165, 1.54) is 11.8 Å². The smallest absolute Gasteiger partial charge is 0.230 e. The Morgan fingerprint density at radius 1 is 1.40 bits per heavy atom. The van der Waals surface area contributed by atoms with Crippen LogP contribution in [0.3, 0.4) is 0 Å². The normalized spacial score (nSPS) is 12.9. The topological polar surface area (TPSA) is 63.2 Å². The Morgan fingerprint density at radius 3 is 2.65 bits per heavy atom. The molecule has 20 heavy (non-hydrogen) atoms. The lowest BCUT2D eigenvalue weighted by molar-refractivity contribution is -0.119. The molecule has 112 valence electrons. The summed E-state index contributed by atoms with van der Waals surface area (Å²) < 4.78 is 22.9. The van der Waals surface area contributed by atoms with Crippen molar-refractivity contribution in [2.24, 2.45) is 0 Å². The molecule has 0 spiro atoms. The van der Waals surface area contributed by atoms with E-state index in [2.05, 4.69) is 5.32 Å². The summed E-state index contributed by atoms with van der Waals surface area (Å²) in [5.41, 5.74) is 0. The minimum atomic E-state index is -3.08. The average Bonchev–Trinajstić information content (AvgIpc) is 2.37. The molecule has 1 rings (SSSR count). The summed E-state index contributed by atoms with van der Waals surface area (Å²) in [5.74, 6) is 0.0575. The molecule has 1 aromatic carbocycles. The van der Waals surface area contributed by atoms with Gasteiger partial charge in [-0.2, -0.15) is 0 Å². The molecular weight excluding hydrogens is 318 g/mol. The lowest BCUT2D eigenvalue weighted by Gasteiger charge is -2.13. The first kappa shape index (κ1) is 17.3. The third-order valence-electron chi connectivity index (χ3n) is 2.55. The molecule has 0 aliphatic rings. The summed E-state index contributed by atoms with van der Waals surface area (Å²) in [6.07, 6.45) is 0. The van der Waals surface area contributed by atoms with Crippen molar-refractivity contribution >= 4 is 39.1 Å². The molecule has 1 amide bonds. The third kappa shape index (κ3) is 6.15. The van der Waals surface area contributed by atoms with Crippen LogP contribution in [-0.2, 0) is 14.6 Å². The molecule has 0 radical (unpaired) electrons. The van der Waals surface area contributed by atoms with Crippen LogP contribution in [0.2, 0.25) is 5.02 Å². The van der Waals surface area contributed by atoms with E-state index < -0.39 is 9.84 Å². The van der Waals surface area contributed by atoms with Gasteiger partial charge in [0, 0.05) is 16.7 Å². The number of hydrogen-bond acceptors (Lipinski definition) is 4. The predicted molar refractivity (Wildman–Crippen MR) is 84.1 cm³/mol. The maximum Gasteiger partial charge on any atom is 0.230 e. The lowest BCUT2D eigenvalue weighted by Crippen LogP contribution is -2.38. The minimum Gasteiger partial charge on any atom is -0.352 e. The van der Waals surface area contributed by atoms with Crippen molar-refractivity contribution in [2.45, 2.75) is 24.8 Å². The van der Waals surface area contributed by atoms with Gasteiger partial charge in [-0.25, -0.2) is 8.42 Å². The second-order valence-electron chi connectivity index (χ2n) is 4.39. The first-order valence-electron chi connectivity index (χ1n) is 6.21. The molecule has 1 aromatic rings. The van der Waals surface area contributed by atoms with Crippen LogP contribution in [0.1, 0.15) is 13.8 Å². The minimum absolute atomic E-state index is 0.0357. The Kier molecular flexibility index (Phi) is 6.85. The second-order valence-corrected chi connectivity index (χ2v) is 8.21. The fourth-order valence-electron chi connectivity index (χ4n) is 1.56. The number of hydrogen-bond donors (Lipinski definition) is 1. The van der Waals surface area contributed by atoms with Gasteiger partial charge in [-0.3, -0.25) is 4.79 Å². The fraction of sp³-hybridized carbons (Fsp3) is 0.462. The molecule has 0 unspecified atom stereocenters. The Labute approximate surface area is 129 Å². The van der Waals surface area contributed by atoms with Gasteiger partial charge in [-0.15, -0.1) is 11.8 Å². The van der Waals surface area contributed by atoms with Gasteiger partial charge < -0.3 is 5.32 Å². The zero-order valence-corrected chi connectivity index (χ0v) is 13.8. The summed E-state index contributed by atoms with van der Waals surface area (Å²) in [6, 6.07) is 6.88. The van der Waals surface area contributed by atoms with Gasteiger partial charge in [0.05, 0.1) is 16.5 Å². The van der Waals surface area contributed by atoms with Crippen molar-refractivity contribution in [2.75, 3.05) is 17.3 Å². The number of halogens is 1. The molecule has 0 bridgehead atoms. The monoisotopic (exact) mass is 335 g/mol. The van der Waals surface area contributed by atoms with Crippen molar-refractivity contribution in [1.82, 2.24) is 5.32 Å². The molecule has 0 aliphatic heterocycles. The molecule has 7 heteroatoms. The maximum atomic E-state index is 11.7. The van der Waals surface area contributed by atoms with Gasteiger partial charge in [0.1, 0.15) is 0 Å². The first-order valence-corrected chi connectivity index (χ1v) is 9.39. The number of sulfone groups is 1. The Morgan fingerprint density at radius 2 is 2.05 bits per heavy atom. The van der Waals surface area contributed by atoms with Crippen molar-refractivity contribution in [3.8, 4) is 0 Å². The average molecular weight is 336 g/mol. The summed E-state index contributed by atoms with van der Waals surface area (Å²) in [6.45, 7) is 3.28. The van der Waals surface area contributed by atoms with Crippen LogP contribution in [0.5, 0.6) is 0 Å². The molecule has 1 N–H and O–H groups in total. The Balaban J connectivity index is 2.43. The molecule has 0 heterocycles. The van der Waals surface area contributed by atoms with Crippen molar-refractivity contribution < 1.29 is 13.2 Å². The number of carbonyl (C=O) groups excluding carboxylic acids is 1. The summed E-state index contributed by atoms with van der Waals surface area (Å²) in [5, 5.41) is 3.28. The van der Waals surface area contributed by atoms with E-state index in [0.717, 1.165) is 4.90 Å². The van der Waals surface area contributed by atoms with E-state index in [1.807, 2.05) is 18.2 Å². The van der Waals surface area contributed by atoms with Crippen LogP contribution in [-0.4, -0.2) is 37.6 Å². The van der Waals surface area contributed by atoms with Crippen molar-refractivity contribution in [1.29, 1.82) is 0 Å². The van der Waals surface area contributed by atoms with Crippen LogP contribution >= 0.6 is 23.4 Å². The molecule has 0 fully saturated rings. The van der Waals surface area contributed by atoms with E-state index in [-0.39, 0.29) is 29.2 Å². The number of carbonyl (C=O) groups is 1. The fourth-order valence-corrected chi connectivity index (χ4v) is 3.69. The summed E-state index contributed by atoms with van der Waals surface area (Å²) in [7, 11) is -3.08. The largest absolute Gasteiger partial charge is 0.352 e. The molecule has 0 aromatic heterocycles. The van der Waals surface area contributed by atoms with Crippen LogP contribution in [0.25, 0.3) is 0 Å². The van der Waals surface area contributed by atoms with E-state index in [9.17, 15) is 13.2 Å². The van der Waals surface area contributed by atoms with Gasteiger partial charge in [-0.05, 0) is 19.1 Å². The zero-order valence-electron chi connectivity index (χ0n) is 11.4. The van der Waals surface area contributed by atoms with Gasteiger partial charge in [0.15, 0.2) is 9.84 Å². The highest BCUT2D eigenvalue weighted by atomic mass is 35.5. The molecule has 4 nitrogen and oxygen atoms in total.